The van der Waals surface area contributed by atoms with Crippen molar-refractivity contribution in [3.63, 3.8) is 0 Å². The second kappa shape index (κ2) is 5.46. The average Bonchev–Trinajstić information content (AvgIpc) is 2.71. The molecule has 0 atom stereocenters. The van der Waals surface area contributed by atoms with E-state index in [2.05, 4.69) is 19.6 Å². The van der Waals surface area contributed by atoms with Crippen molar-refractivity contribution in [3.05, 3.63) is 24.5 Å². The van der Waals surface area contributed by atoms with Crippen molar-refractivity contribution in [1.82, 2.24) is 14.7 Å². The Morgan fingerprint density at radius 2 is 2.30 bits per heavy atom. The third kappa shape index (κ3) is 2.44. The lowest BCUT2D eigenvalue weighted by Crippen LogP contribution is -2.28. The van der Waals surface area contributed by atoms with Gasteiger partial charge in [-0.15, -0.1) is 0 Å². The third-order valence-corrected chi connectivity index (χ3v) is 4.17. The van der Waals surface area contributed by atoms with Gasteiger partial charge in [0.2, 0.25) is 5.91 Å². The highest BCUT2D eigenvalue weighted by Crippen LogP contribution is 2.39. The molecule has 0 unspecified atom stereocenters. The van der Waals surface area contributed by atoms with Crippen LogP contribution in [0, 0.1) is 0 Å². The smallest absolute Gasteiger partial charge is 0.221 e. The Morgan fingerprint density at radius 3 is 3.10 bits per heavy atom. The van der Waals surface area contributed by atoms with E-state index in [0.717, 1.165) is 22.7 Å². The molecule has 3 rings (SSSR count). The lowest BCUT2D eigenvalue weighted by atomic mass is 10.1. The Labute approximate surface area is 120 Å². The molecule has 0 radical (unpaired) electrons. The monoisotopic (exact) mass is 289 g/mol. The van der Waals surface area contributed by atoms with Gasteiger partial charge in [0.05, 0.1) is 5.56 Å². The summed E-state index contributed by atoms with van der Waals surface area (Å²) in [5.74, 6) is 0.606. The summed E-state index contributed by atoms with van der Waals surface area (Å²) >= 11 is 1.37. The molecule has 1 amide bonds. The molecule has 1 aliphatic heterocycles. The Kier molecular flexibility index (Phi) is 3.51. The zero-order valence-electron chi connectivity index (χ0n) is 10.9. The summed E-state index contributed by atoms with van der Waals surface area (Å²) in [6, 6.07) is 3.85. The highest BCUT2D eigenvalue weighted by Gasteiger charge is 2.21. The summed E-state index contributed by atoms with van der Waals surface area (Å²) in [6.07, 6.45) is 4.00. The Hall–Kier alpha value is -2.15. The van der Waals surface area contributed by atoms with Gasteiger partial charge in [0, 0.05) is 44.0 Å². The van der Waals surface area contributed by atoms with E-state index in [4.69, 9.17) is 5.73 Å². The van der Waals surface area contributed by atoms with E-state index in [1.807, 2.05) is 12.1 Å². The largest absolute Gasteiger partial charge is 0.382 e. The number of anilines is 2. The number of rotatable bonds is 2. The van der Waals surface area contributed by atoms with Crippen LogP contribution in [0.3, 0.4) is 0 Å². The second-order valence-electron chi connectivity index (χ2n) is 4.58. The fourth-order valence-corrected chi connectivity index (χ4v) is 3.15. The van der Waals surface area contributed by atoms with Crippen LogP contribution in [0.25, 0.3) is 11.1 Å². The Morgan fingerprint density at radius 1 is 1.40 bits per heavy atom. The first kappa shape index (κ1) is 12.9. The maximum atomic E-state index is 11.4. The van der Waals surface area contributed by atoms with Crippen LogP contribution >= 0.6 is 11.5 Å². The van der Waals surface area contributed by atoms with Gasteiger partial charge in [0.25, 0.3) is 0 Å². The molecule has 7 heteroatoms. The van der Waals surface area contributed by atoms with Gasteiger partial charge in [-0.05, 0) is 17.6 Å². The molecule has 1 aliphatic rings. The minimum atomic E-state index is 0.0907. The van der Waals surface area contributed by atoms with Crippen LogP contribution in [0.15, 0.2) is 24.5 Å². The highest BCUT2D eigenvalue weighted by atomic mass is 32.1. The first-order valence-corrected chi connectivity index (χ1v) is 7.20. The first-order chi connectivity index (χ1) is 9.75. The predicted molar refractivity (Wildman–Crippen MR) is 79.6 cm³/mol. The molecule has 3 N–H and O–H groups in total. The molecular weight excluding hydrogens is 274 g/mol. The number of carbonyl (C=O) groups is 1. The van der Waals surface area contributed by atoms with E-state index < -0.39 is 0 Å². The Balaban J connectivity index is 1.96. The van der Waals surface area contributed by atoms with Gasteiger partial charge in [0.15, 0.2) is 0 Å². The van der Waals surface area contributed by atoms with Crippen LogP contribution < -0.4 is 16.0 Å². The van der Waals surface area contributed by atoms with Crippen molar-refractivity contribution in [2.24, 2.45) is 0 Å². The topological polar surface area (TPSA) is 84.1 Å². The maximum Gasteiger partial charge on any atom is 0.221 e. The number of nitrogens with zero attached hydrogens (tertiary/aromatic N) is 3. The van der Waals surface area contributed by atoms with E-state index in [0.29, 0.717) is 25.3 Å². The van der Waals surface area contributed by atoms with Crippen molar-refractivity contribution in [1.29, 1.82) is 0 Å². The van der Waals surface area contributed by atoms with Crippen LogP contribution in [0.4, 0.5) is 10.8 Å². The number of pyridine rings is 1. The molecule has 1 saturated heterocycles. The summed E-state index contributed by atoms with van der Waals surface area (Å²) in [4.78, 5) is 17.7. The van der Waals surface area contributed by atoms with E-state index in [-0.39, 0.29) is 5.91 Å². The second-order valence-corrected chi connectivity index (χ2v) is 5.33. The lowest BCUT2D eigenvalue weighted by molar-refractivity contribution is -0.120. The van der Waals surface area contributed by atoms with Gasteiger partial charge in [0.1, 0.15) is 10.8 Å². The van der Waals surface area contributed by atoms with E-state index >= 15 is 0 Å². The summed E-state index contributed by atoms with van der Waals surface area (Å²) < 4.78 is 4.26. The summed E-state index contributed by atoms with van der Waals surface area (Å²) in [6.45, 7) is 2.09. The van der Waals surface area contributed by atoms with E-state index in [1.54, 1.807) is 12.4 Å². The van der Waals surface area contributed by atoms with Gasteiger partial charge in [-0.1, -0.05) is 6.07 Å². The summed E-state index contributed by atoms with van der Waals surface area (Å²) in [7, 11) is 0. The van der Waals surface area contributed by atoms with Crippen molar-refractivity contribution < 1.29 is 4.79 Å². The minimum absolute atomic E-state index is 0.0907. The van der Waals surface area contributed by atoms with Crippen LogP contribution in [-0.2, 0) is 4.79 Å². The molecule has 2 aromatic rings. The number of amides is 1. The number of nitrogens with two attached hydrogens (primary N) is 1. The number of aromatic nitrogens is 2. The molecule has 0 bridgehead atoms. The molecule has 0 spiro atoms. The van der Waals surface area contributed by atoms with Gasteiger partial charge >= 0.3 is 0 Å². The van der Waals surface area contributed by atoms with Crippen LogP contribution in [-0.4, -0.2) is 34.9 Å². The molecular formula is C13H15N5OS. The SMILES string of the molecule is Nc1nsc(N2CCNC(=O)CC2)c1-c1cccnc1. The van der Waals surface area contributed by atoms with Crippen LogP contribution in [0.1, 0.15) is 6.42 Å². The van der Waals surface area contributed by atoms with Crippen molar-refractivity contribution in [2.45, 2.75) is 6.42 Å². The number of hydrogen-bond acceptors (Lipinski definition) is 6. The van der Waals surface area contributed by atoms with E-state index in [9.17, 15) is 4.79 Å². The van der Waals surface area contributed by atoms with E-state index in [1.165, 1.54) is 11.5 Å². The van der Waals surface area contributed by atoms with Crippen LogP contribution in [0.2, 0.25) is 0 Å². The summed E-state index contributed by atoms with van der Waals surface area (Å²) in [5.41, 5.74) is 7.88. The molecule has 20 heavy (non-hydrogen) atoms. The fourth-order valence-electron chi connectivity index (χ4n) is 2.26. The van der Waals surface area contributed by atoms with Gasteiger partial charge in [-0.2, -0.15) is 4.37 Å². The number of hydrogen-bond donors (Lipinski definition) is 2. The summed E-state index contributed by atoms with van der Waals surface area (Å²) in [5, 5.41) is 3.88. The quantitative estimate of drug-likeness (QED) is 0.865. The number of nitrogen functional groups attached to an aromatic ring is 1. The van der Waals surface area contributed by atoms with Gasteiger partial charge in [-0.3, -0.25) is 9.78 Å². The van der Waals surface area contributed by atoms with Crippen molar-refractivity contribution in [3.8, 4) is 11.1 Å². The first-order valence-electron chi connectivity index (χ1n) is 6.43. The predicted octanol–water partition coefficient (Wildman–Crippen LogP) is 1.11. The molecule has 2 aromatic heterocycles. The standard InChI is InChI=1S/C13H15N5OS/c14-12-11(9-2-1-4-15-8-9)13(20-17-12)18-6-3-10(19)16-5-7-18/h1-2,4,8H,3,5-7H2,(H2,14,17)(H,16,19). The molecule has 3 heterocycles. The molecule has 0 aliphatic carbocycles. The molecule has 104 valence electrons. The van der Waals surface area contributed by atoms with Gasteiger partial charge in [-0.25, -0.2) is 0 Å². The Bertz CT molecular complexity index is 612. The maximum absolute atomic E-state index is 11.4. The highest BCUT2D eigenvalue weighted by molar-refractivity contribution is 7.11. The fraction of sp³-hybridized carbons (Fsp3) is 0.308. The zero-order valence-corrected chi connectivity index (χ0v) is 11.7. The zero-order chi connectivity index (χ0) is 13.9. The molecule has 0 aromatic carbocycles. The molecule has 1 fully saturated rings. The lowest BCUT2D eigenvalue weighted by Gasteiger charge is -2.21. The number of carbonyl (C=O) groups excluding carboxylic acids is 1. The third-order valence-electron chi connectivity index (χ3n) is 3.25. The molecule has 0 saturated carbocycles. The molecule has 6 nitrogen and oxygen atoms in total. The normalized spacial score (nSPS) is 15.8. The van der Waals surface area contributed by atoms with Crippen molar-refractivity contribution >= 4 is 28.3 Å². The van der Waals surface area contributed by atoms with Crippen LogP contribution in [0.5, 0.6) is 0 Å². The van der Waals surface area contributed by atoms with Gasteiger partial charge < -0.3 is 16.0 Å². The average molecular weight is 289 g/mol. The van der Waals surface area contributed by atoms with Crippen molar-refractivity contribution in [2.75, 3.05) is 30.3 Å². The number of nitrogens with one attached hydrogen (secondary N) is 1. The minimum Gasteiger partial charge on any atom is -0.382 e.